The van der Waals surface area contributed by atoms with E-state index in [0.29, 0.717) is 6.04 Å². The van der Waals surface area contributed by atoms with Crippen LogP contribution in [0.2, 0.25) is 0 Å². The van der Waals surface area contributed by atoms with E-state index in [1.165, 1.54) is 5.56 Å². The Morgan fingerprint density at radius 2 is 2.06 bits per heavy atom. The first kappa shape index (κ1) is 13.7. The van der Waals surface area contributed by atoms with E-state index in [-0.39, 0.29) is 6.04 Å². The zero-order chi connectivity index (χ0) is 12.1. The Balaban J connectivity index is 2.49. The lowest BCUT2D eigenvalue weighted by Gasteiger charge is -2.23. The maximum Gasteiger partial charge on any atom is 0.0307 e. The summed E-state index contributed by atoms with van der Waals surface area (Å²) in [6.07, 6.45) is 0.991. The molecule has 1 rings (SSSR count). The third-order valence-electron chi connectivity index (χ3n) is 2.95. The molecular weight excluding hydrogens is 264 g/mol. The first-order valence-corrected chi connectivity index (χ1v) is 6.51. The lowest BCUT2D eigenvalue weighted by atomic mass is 10.0. The predicted molar refractivity (Wildman–Crippen MR) is 73.5 cm³/mol. The van der Waals surface area contributed by atoms with E-state index < -0.39 is 0 Å². The van der Waals surface area contributed by atoms with Gasteiger partial charge in [-0.15, -0.1) is 0 Å². The van der Waals surface area contributed by atoms with Gasteiger partial charge in [0.2, 0.25) is 0 Å². The van der Waals surface area contributed by atoms with Crippen molar-refractivity contribution in [3.63, 3.8) is 0 Å². The van der Waals surface area contributed by atoms with Gasteiger partial charge in [-0.3, -0.25) is 0 Å². The maximum absolute atomic E-state index is 6.16. The normalized spacial score (nSPS) is 13.4. The number of hydrogen-bond donors (Lipinski definition) is 1. The molecule has 0 aliphatic rings. The summed E-state index contributed by atoms with van der Waals surface area (Å²) in [7, 11) is 2.14. The second-order valence-corrected chi connectivity index (χ2v) is 5.44. The molecule has 3 heteroatoms. The molecule has 0 bridgehead atoms. The highest BCUT2D eigenvalue weighted by molar-refractivity contribution is 9.10. The van der Waals surface area contributed by atoms with Crippen LogP contribution in [0, 0.1) is 0 Å². The number of halogens is 1. The van der Waals surface area contributed by atoms with Gasteiger partial charge in [-0.1, -0.05) is 28.1 Å². The van der Waals surface area contributed by atoms with E-state index in [4.69, 9.17) is 5.73 Å². The van der Waals surface area contributed by atoms with Crippen molar-refractivity contribution in [1.82, 2.24) is 4.90 Å². The van der Waals surface area contributed by atoms with Crippen LogP contribution in [0.1, 0.15) is 31.9 Å². The molecule has 0 heterocycles. The molecule has 0 radical (unpaired) electrons. The highest BCUT2D eigenvalue weighted by atomic mass is 79.9. The largest absolute Gasteiger partial charge is 0.324 e. The molecule has 0 aliphatic carbocycles. The maximum atomic E-state index is 6.16. The van der Waals surface area contributed by atoms with Crippen LogP contribution in [0.3, 0.4) is 0 Å². The van der Waals surface area contributed by atoms with E-state index in [0.717, 1.165) is 17.4 Å². The van der Waals surface area contributed by atoms with Crippen molar-refractivity contribution in [3.8, 4) is 0 Å². The predicted octanol–water partition coefficient (Wildman–Crippen LogP) is 3.18. The molecule has 0 fully saturated rings. The van der Waals surface area contributed by atoms with Crippen molar-refractivity contribution < 1.29 is 0 Å². The topological polar surface area (TPSA) is 29.3 Å². The van der Waals surface area contributed by atoms with Crippen molar-refractivity contribution in [2.45, 2.75) is 32.4 Å². The molecule has 0 aromatic heterocycles. The van der Waals surface area contributed by atoms with Crippen molar-refractivity contribution in [1.29, 1.82) is 0 Å². The lowest BCUT2D eigenvalue weighted by molar-refractivity contribution is 0.263. The van der Waals surface area contributed by atoms with Crippen LogP contribution >= 0.6 is 15.9 Å². The van der Waals surface area contributed by atoms with E-state index >= 15 is 0 Å². The Hall–Kier alpha value is -0.380. The number of benzene rings is 1. The van der Waals surface area contributed by atoms with Gasteiger partial charge in [-0.05, 0) is 51.6 Å². The summed E-state index contributed by atoms with van der Waals surface area (Å²) in [5, 5.41) is 0. The van der Waals surface area contributed by atoms with E-state index in [2.05, 4.69) is 53.9 Å². The molecule has 0 amide bonds. The number of rotatable bonds is 5. The molecule has 90 valence electrons. The van der Waals surface area contributed by atoms with Crippen LogP contribution in [-0.2, 0) is 0 Å². The van der Waals surface area contributed by atoms with Gasteiger partial charge in [0, 0.05) is 16.6 Å². The summed E-state index contributed by atoms with van der Waals surface area (Å²) in [4.78, 5) is 2.32. The average molecular weight is 285 g/mol. The third-order valence-corrected chi connectivity index (χ3v) is 3.44. The van der Waals surface area contributed by atoms with Crippen LogP contribution in [0.25, 0.3) is 0 Å². The highest BCUT2D eigenvalue weighted by Gasteiger charge is 2.09. The molecule has 1 unspecified atom stereocenters. The van der Waals surface area contributed by atoms with Crippen LogP contribution in [0.4, 0.5) is 0 Å². The minimum atomic E-state index is 0.124. The Labute approximate surface area is 107 Å². The first-order valence-electron chi connectivity index (χ1n) is 5.72. The molecule has 1 aromatic carbocycles. The monoisotopic (exact) mass is 284 g/mol. The lowest BCUT2D eigenvalue weighted by Crippen LogP contribution is -2.29. The standard InChI is InChI=1S/C13H21BrN2/c1-10(2)16(3)8-7-13(15)11-5-4-6-12(14)9-11/h4-6,9-10,13H,7-8,15H2,1-3H3. The van der Waals surface area contributed by atoms with Gasteiger partial charge in [-0.25, -0.2) is 0 Å². The van der Waals surface area contributed by atoms with Crippen LogP contribution < -0.4 is 5.73 Å². The van der Waals surface area contributed by atoms with Crippen LogP contribution in [0.15, 0.2) is 28.7 Å². The molecule has 2 N–H and O–H groups in total. The van der Waals surface area contributed by atoms with Crippen LogP contribution in [-0.4, -0.2) is 24.5 Å². The Morgan fingerprint density at radius 3 is 2.62 bits per heavy atom. The summed E-state index contributed by atoms with van der Waals surface area (Å²) in [6.45, 7) is 5.43. The van der Waals surface area contributed by atoms with Gasteiger partial charge in [0.25, 0.3) is 0 Å². The summed E-state index contributed by atoms with van der Waals surface area (Å²) in [5.41, 5.74) is 7.37. The van der Waals surface area contributed by atoms with Gasteiger partial charge >= 0.3 is 0 Å². The second kappa shape index (κ2) is 6.38. The Bertz CT molecular complexity index is 325. The SMILES string of the molecule is CC(C)N(C)CCC(N)c1cccc(Br)c1. The Morgan fingerprint density at radius 1 is 1.38 bits per heavy atom. The summed E-state index contributed by atoms with van der Waals surface area (Å²) >= 11 is 3.47. The number of nitrogens with two attached hydrogens (primary N) is 1. The molecule has 1 atom stereocenters. The fourth-order valence-corrected chi connectivity index (χ4v) is 1.92. The van der Waals surface area contributed by atoms with Crippen LogP contribution in [0.5, 0.6) is 0 Å². The van der Waals surface area contributed by atoms with E-state index in [1.807, 2.05) is 12.1 Å². The van der Waals surface area contributed by atoms with E-state index in [9.17, 15) is 0 Å². The second-order valence-electron chi connectivity index (χ2n) is 4.52. The van der Waals surface area contributed by atoms with Gasteiger partial charge < -0.3 is 10.6 Å². The third kappa shape index (κ3) is 4.24. The average Bonchev–Trinajstić information content (AvgIpc) is 2.25. The highest BCUT2D eigenvalue weighted by Crippen LogP contribution is 2.19. The zero-order valence-electron chi connectivity index (χ0n) is 10.3. The van der Waals surface area contributed by atoms with Crippen molar-refractivity contribution >= 4 is 15.9 Å². The van der Waals surface area contributed by atoms with Crippen molar-refractivity contribution in [3.05, 3.63) is 34.3 Å². The zero-order valence-corrected chi connectivity index (χ0v) is 11.9. The summed E-state index contributed by atoms with van der Waals surface area (Å²) in [5.74, 6) is 0. The molecular formula is C13H21BrN2. The first-order chi connectivity index (χ1) is 7.50. The van der Waals surface area contributed by atoms with E-state index in [1.54, 1.807) is 0 Å². The number of hydrogen-bond acceptors (Lipinski definition) is 2. The summed E-state index contributed by atoms with van der Waals surface area (Å²) < 4.78 is 1.10. The molecule has 1 aromatic rings. The van der Waals surface area contributed by atoms with Gasteiger partial charge in [0.1, 0.15) is 0 Å². The summed E-state index contributed by atoms with van der Waals surface area (Å²) in [6, 6.07) is 8.95. The molecule has 16 heavy (non-hydrogen) atoms. The molecule has 0 saturated carbocycles. The molecule has 0 aliphatic heterocycles. The molecule has 0 spiro atoms. The fourth-order valence-electron chi connectivity index (χ4n) is 1.50. The Kier molecular flexibility index (Phi) is 5.46. The number of nitrogens with zero attached hydrogens (tertiary/aromatic N) is 1. The van der Waals surface area contributed by atoms with Gasteiger partial charge in [0.05, 0.1) is 0 Å². The molecule has 2 nitrogen and oxygen atoms in total. The fraction of sp³-hybridized carbons (Fsp3) is 0.538. The molecule has 0 saturated heterocycles. The van der Waals surface area contributed by atoms with Crippen molar-refractivity contribution in [2.24, 2.45) is 5.73 Å². The smallest absolute Gasteiger partial charge is 0.0307 e. The van der Waals surface area contributed by atoms with Gasteiger partial charge in [0.15, 0.2) is 0 Å². The van der Waals surface area contributed by atoms with Gasteiger partial charge in [-0.2, -0.15) is 0 Å². The minimum Gasteiger partial charge on any atom is -0.324 e. The quantitative estimate of drug-likeness (QED) is 0.900. The van der Waals surface area contributed by atoms with Crippen molar-refractivity contribution in [2.75, 3.05) is 13.6 Å². The minimum absolute atomic E-state index is 0.124.